The summed E-state index contributed by atoms with van der Waals surface area (Å²) in [4.78, 5) is 27.3. The van der Waals surface area contributed by atoms with Gasteiger partial charge in [0.05, 0.1) is 5.69 Å². The highest BCUT2D eigenvalue weighted by atomic mass is 32.1. The van der Waals surface area contributed by atoms with Crippen LogP contribution in [-0.4, -0.2) is 21.5 Å². The van der Waals surface area contributed by atoms with Gasteiger partial charge in [-0.3, -0.25) is 19.8 Å². The van der Waals surface area contributed by atoms with Gasteiger partial charge in [0.15, 0.2) is 5.11 Å². The van der Waals surface area contributed by atoms with E-state index in [-0.39, 0.29) is 10.7 Å². The minimum Gasteiger partial charge on any atom is -0.317 e. The number of hydrogen-bond acceptors (Lipinski definition) is 3. The highest BCUT2D eigenvalue weighted by Crippen LogP contribution is 2.25. The fraction of sp³-hybridized carbons (Fsp3) is 0.160. The Morgan fingerprint density at radius 3 is 2.45 bits per heavy atom. The molecule has 0 bridgehead atoms. The molecule has 1 aliphatic heterocycles. The number of aryl methyl sites for hydroxylation is 2. The lowest BCUT2D eigenvalue weighted by molar-refractivity contribution is -0.122. The van der Waals surface area contributed by atoms with Crippen LogP contribution in [0.1, 0.15) is 29.3 Å². The van der Waals surface area contributed by atoms with E-state index in [9.17, 15) is 9.59 Å². The molecule has 31 heavy (non-hydrogen) atoms. The quantitative estimate of drug-likeness (QED) is 0.378. The maximum Gasteiger partial charge on any atom is 0.270 e. The smallest absolute Gasteiger partial charge is 0.270 e. The fourth-order valence-electron chi connectivity index (χ4n) is 3.65. The lowest BCUT2D eigenvalue weighted by Gasteiger charge is -2.29. The van der Waals surface area contributed by atoms with Crippen molar-refractivity contribution >= 4 is 40.9 Å². The highest BCUT2D eigenvalue weighted by Gasteiger charge is 2.34. The van der Waals surface area contributed by atoms with Gasteiger partial charge in [-0.05, 0) is 85.6 Å². The molecule has 2 amide bonds. The van der Waals surface area contributed by atoms with E-state index < -0.39 is 11.8 Å². The molecule has 0 atom stereocenters. The average molecular weight is 430 g/mol. The molecule has 2 heterocycles. The first-order chi connectivity index (χ1) is 14.9. The number of carbonyl (C=O) groups excluding carboxylic acids is 2. The molecule has 0 saturated carbocycles. The van der Waals surface area contributed by atoms with Crippen molar-refractivity contribution in [3.63, 3.8) is 0 Å². The molecule has 1 saturated heterocycles. The molecule has 1 aromatic heterocycles. The number of rotatable bonds is 4. The lowest BCUT2D eigenvalue weighted by Crippen LogP contribution is -2.54. The van der Waals surface area contributed by atoms with Gasteiger partial charge in [-0.25, -0.2) is 0 Å². The summed E-state index contributed by atoms with van der Waals surface area (Å²) in [7, 11) is 0. The third-order valence-corrected chi connectivity index (χ3v) is 5.90. The van der Waals surface area contributed by atoms with Crippen LogP contribution in [-0.2, 0) is 16.0 Å². The van der Waals surface area contributed by atoms with Gasteiger partial charge in [-0.2, -0.15) is 0 Å². The van der Waals surface area contributed by atoms with E-state index in [2.05, 4.69) is 32.2 Å². The molecule has 1 N–H and O–H groups in total. The van der Waals surface area contributed by atoms with Crippen molar-refractivity contribution < 1.29 is 9.59 Å². The minimum absolute atomic E-state index is 0.0402. The molecule has 4 rings (SSSR count). The Hall–Kier alpha value is -3.51. The number of hydrogen-bond donors (Lipinski definition) is 1. The Labute approximate surface area is 187 Å². The number of nitrogens with zero attached hydrogens (tertiary/aromatic N) is 2. The Morgan fingerprint density at radius 1 is 1.00 bits per heavy atom. The van der Waals surface area contributed by atoms with Crippen molar-refractivity contribution in [1.82, 2.24) is 9.88 Å². The largest absolute Gasteiger partial charge is 0.317 e. The van der Waals surface area contributed by atoms with Gasteiger partial charge in [0, 0.05) is 17.6 Å². The van der Waals surface area contributed by atoms with Crippen LogP contribution in [0.5, 0.6) is 0 Å². The summed E-state index contributed by atoms with van der Waals surface area (Å²) in [5.41, 5.74) is 5.87. The summed E-state index contributed by atoms with van der Waals surface area (Å²) in [6.07, 6.45) is 4.44. The van der Waals surface area contributed by atoms with Gasteiger partial charge < -0.3 is 4.57 Å². The van der Waals surface area contributed by atoms with Gasteiger partial charge in [0.1, 0.15) is 5.57 Å². The minimum atomic E-state index is -0.495. The summed E-state index contributed by atoms with van der Waals surface area (Å²) in [6.45, 7) is 6.18. The predicted molar refractivity (Wildman–Crippen MR) is 127 cm³/mol. The average Bonchev–Trinajstić information content (AvgIpc) is 3.21. The van der Waals surface area contributed by atoms with E-state index in [1.54, 1.807) is 6.08 Å². The molecule has 1 fully saturated rings. The standard InChI is InChI=1S/C25H23N3O2S/c1-4-18-10-12-19(13-11-18)28-24(30)21(23(29)26-25(28)31)15-20-8-6-14-27(20)22-9-5-7-16(2)17(22)3/h5-15H,4H2,1-3H3,(H,26,29,31). The zero-order valence-corrected chi connectivity index (χ0v) is 18.5. The first-order valence-electron chi connectivity index (χ1n) is 10.1. The molecule has 0 unspecified atom stereocenters. The summed E-state index contributed by atoms with van der Waals surface area (Å²) in [5, 5.41) is 2.73. The first kappa shape index (κ1) is 20.8. The third kappa shape index (κ3) is 3.82. The Morgan fingerprint density at radius 2 is 1.74 bits per heavy atom. The van der Waals surface area contributed by atoms with Crippen molar-refractivity contribution in [2.45, 2.75) is 27.2 Å². The van der Waals surface area contributed by atoms with Gasteiger partial charge in [0.2, 0.25) is 0 Å². The van der Waals surface area contributed by atoms with E-state index in [4.69, 9.17) is 12.2 Å². The molecular formula is C25H23N3O2S. The van der Waals surface area contributed by atoms with Crippen molar-refractivity contribution in [2.24, 2.45) is 0 Å². The Kier molecular flexibility index (Phi) is 5.57. The van der Waals surface area contributed by atoms with Crippen molar-refractivity contribution in [3.8, 4) is 5.69 Å². The molecule has 5 nitrogen and oxygen atoms in total. The number of nitrogens with one attached hydrogen (secondary N) is 1. The van der Waals surface area contributed by atoms with Crippen LogP contribution in [0.15, 0.2) is 66.4 Å². The third-order valence-electron chi connectivity index (χ3n) is 5.61. The Bertz CT molecular complexity index is 1220. The number of carbonyl (C=O) groups is 2. The van der Waals surface area contributed by atoms with Crippen molar-refractivity contribution in [1.29, 1.82) is 0 Å². The van der Waals surface area contributed by atoms with Crippen LogP contribution < -0.4 is 10.2 Å². The fourth-order valence-corrected chi connectivity index (χ4v) is 3.93. The molecule has 0 aliphatic carbocycles. The van der Waals surface area contributed by atoms with Crippen LogP contribution in [0.2, 0.25) is 0 Å². The van der Waals surface area contributed by atoms with Crippen LogP contribution in [0.3, 0.4) is 0 Å². The second-order valence-electron chi connectivity index (χ2n) is 7.50. The second-order valence-corrected chi connectivity index (χ2v) is 7.89. The lowest BCUT2D eigenvalue weighted by atomic mass is 10.1. The molecule has 3 aromatic rings. The van der Waals surface area contributed by atoms with Crippen LogP contribution >= 0.6 is 12.2 Å². The zero-order chi connectivity index (χ0) is 22.1. The number of aromatic nitrogens is 1. The monoisotopic (exact) mass is 429 g/mol. The van der Waals surface area contributed by atoms with Crippen molar-refractivity contribution in [3.05, 3.63) is 88.8 Å². The SMILES string of the molecule is CCc1ccc(N2C(=O)C(=Cc3cccn3-c3cccc(C)c3C)C(=O)NC2=S)cc1. The number of anilines is 1. The number of amides is 2. The van der Waals surface area contributed by atoms with Gasteiger partial charge in [-0.1, -0.05) is 31.2 Å². The van der Waals surface area contributed by atoms with Crippen LogP contribution in [0.25, 0.3) is 11.8 Å². The maximum atomic E-state index is 13.3. The molecule has 6 heteroatoms. The van der Waals surface area contributed by atoms with E-state index in [1.165, 1.54) is 10.5 Å². The highest BCUT2D eigenvalue weighted by molar-refractivity contribution is 7.80. The molecule has 2 aromatic carbocycles. The molecule has 0 spiro atoms. The maximum absolute atomic E-state index is 13.3. The second kappa shape index (κ2) is 8.32. The molecular weight excluding hydrogens is 406 g/mol. The predicted octanol–water partition coefficient (Wildman–Crippen LogP) is 4.49. The van der Waals surface area contributed by atoms with E-state index in [1.807, 2.05) is 59.3 Å². The summed E-state index contributed by atoms with van der Waals surface area (Å²) in [6, 6.07) is 17.4. The van der Waals surface area contributed by atoms with Gasteiger partial charge in [0.25, 0.3) is 11.8 Å². The van der Waals surface area contributed by atoms with E-state index >= 15 is 0 Å². The summed E-state index contributed by atoms with van der Waals surface area (Å²) >= 11 is 5.30. The number of benzene rings is 2. The zero-order valence-electron chi connectivity index (χ0n) is 17.7. The topological polar surface area (TPSA) is 54.3 Å². The number of thiocarbonyl (C=S) groups is 1. The molecule has 1 aliphatic rings. The van der Waals surface area contributed by atoms with Gasteiger partial charge >= 0.3 is 0 Å². The van der Waals surface area contributed by atoms with Crippen molar-refractivity contribution in [2.75, 3.05) is 4.90 Å². The van der Waals surface area contributed by atoms with Gasteiger partial charge in [-0.15, -0.1) is 0 Å². The summed E-state index contributed by atoms with van der Waals surface area (Å²) < 4.78 is 1.98. The van der Waals surface area contributed by atoms with E-state index in [0.29, 0.717) is 5.69 Å². The Balaban J connectivity index is 1.75. The van der Waals surface area contributed by atoms with E-state index in [0.717, 1.165) is 28.9 Å². The first-order valence-corrected chi connectivity index (χ1v) is 10.6. The van der Waals surface area contributed by atoms with Crippen LogP contribution in [0, 0.1) is 13.8 Å². The molecule has 0 radical (unpaired) electrons. The van der Waals surface area contributed by atoms with Crippen LogP contribution in [0.4, 0.5) is 5.69 Å². The normalized spacial score (nSPS) is 15.5. The molecule has 156 valence electrons. The summed E-state index contributed by atoms with van der Waals surface area (Å²) in [5.74, 6) is -0.933.